The smallest absolute Gasteiger partial charge is 0.0814 e. The third kappa shape index (κ3) is 2.39. The predicted molar refractivity (Wildman–Crippen MR) is 70.1 cm³/mol. The van der Waals surface area contributed by atoms with Crippen LogP contribution in [0, 0.1) is 5.92 Å². The Balaban J connectivity index is 1.72. The molecule has 1 aliphatic heterocycles. The lowest BCUT2D eigenvalue weighted by Crippen LogP contribution is -2.59. The van der Waals surface area contributed by atoms with Crippen LogP contribution in [0.4, 0.5) is 0 Å². The van der Waals surface area contributed by atoms with Crippen LogP contribution in [-0.2, 0) is 4.74 Å². The lowest BCUT2D eigenvalue weighted by molar-refractivity contribution is -0.181. The minimum Gasteiger partial charge on any atom is -0.366 e. The van der Waals surface area contributed by atoms with Gasteiger partial charge >= 0.3 is 0 Å². The first kappa shape index (κ1) is 12.0. The second-order valence-corrected chi connectivity index (χ2v) is 6.81. The number of hydrogen-bond acceptors (Lipinski definition) is 2. The van der Waals surface area contributed by atoms with Crippen LogP contribution < -0.4 is 5.32 Å². The third-order valence-corrected chi connectivity index (χ3v) is 5.26. The molecule has 2 heteroatoms. The summed E-state index contributed by atoms with van der Waals surface area (Å²) < 4.78 is 6.73. The Morgan fingerprint density at radius 2 is 1.53 bits per heavy atom. The molecule has 3 rings (SSSR count). The van der Waals surface area contributed by atoms with Gasteiger partial charge < -0.3 is 10.1 Å². The highest BCUT2D eigenvalue weighted by atomic mass is 16.5. The van der Waals surface area contributed by atoms with Crippen molar-refractivity contribution in [1.29, 1.82) is 0 Å². The molecule has 2 spiro atoms. The molecule has 98 valence electrons. The number of morpholine rings is 1. The van der Waals surface area contributed by atoms with Crippen LogP contribution in [-0.4, -0.2) is 24.3 Å². The maximum atomic E-state index is 6.73. The molecule has 3 fully saturated rings. The molecule has 2 atom stereocenters. The van der Waals surface area contributed by atoms with Gasteiger partial charge in [-0.2, -0.15) is 0 Å². The molecule has 0 aromatic heterocycles. The fraction of sp³-hybridized carbons (Fsp3) is 1.00. The molecule has 17 heavy (non-hydrogen) atoms. The maximum Gasteiger partial charge on any atom is 0.0814 e. The highest BCUT2D eigenvalue weighted by Crippen LogP contribution is 2.43. The van der Waals surface area contributed by atoms with E-state index in [1.54, 1.807) is 0 Å². The van der Waals surface area contributed by atoms with Gasteiger partial charge in [0.2, 0.25) is 0 Å². The van der Waals surface area contributed by atoms with E-state index in [0.717, 1.165) is 19.0 Å². The largest absolute Gasteiger partial charge is 0.366 e. The number of ether oxygens (including phenoxy) is 1. The number of hydrogen-bond donors (Lipinski definition) is 1. The topological polar surface area (TPSA) is 21.3 Å². The molecular weight excluding hydrogens is 210 g/mol. The van der Waals surface area contributed by atoms with Crippen molar-refractivity contribution in [2.75, 3.05) is 13.1 Å². The van der Waals surface area contributed by atoms with E-state index in [1.165, 1.54) is 57.8 Å². The van der Waals surface area contributed by atoms with Crippen LogP contribution in [0.25, 0.3) is 0 Å². The van der Waals surface area contributed by atoms with Crippen LogP contribution in [0.5, 0.6) is 0 Å². The summed E-state index contributed by atoms with van der Waals surface area (Å²) in [6.45, 7) is 4.60. The van der Waals surface area contributed by atoms with Crippen molar-refractivity contribution in [1.82, 2.24) is 5.32 Å². The Morgan fingerprint density at radius 3 is 2.29 bits per heavy atom. The van der Waals surface area contributed by atoms with E-state index >= 15 is 0 Å². The predicted octanol–water partition coefficient (Wildman–Crippen LogP) is 3.26. The van der Waals surface area contributed by atoms with Crippen LogP contribution in [0.3, 0.4) is 0 Å². The van der Waals surface area contributed by atoms with Gasteiger partial charge in [-0.1, -0.05) is 32.6 Å². The second kappa shape index (κ2) is 4.55. The summed E-state index contributed by atoms with van der Waals surface area (Å²) in [7, 11) is 0. The minimum absolute atomic E-state index is 0.188. The summed E-state index contributed by atoms with van der Waals surface area (Å²) in [6.07, 6.45) is 12.0. The fourth-order valence-corrected chi connectivity index (χ4v) is 4.18. The summed E-state index contributed by atoms with van der Waals surface area (Å²) >= 11 is 0. The van der Waals surface area contributed by atoms with Crippen LogP contribution >= 0.6 is 0 Å². The zero-order valence-corrected chi connectivity index (χ0v) is 11.3. The molecule has 0 aromatic carbocycles. The molecule has 0 bridgehead atoms. The van der Waals surface area contributed by atoms with Gasteiger partial charge in [-0.25, -0.2) is 0 Å². The van der Waals surface area contributed by atoms with Gasteiger partial charge in [0.15, 0.2) is 0 Å². The molecular formula is C15H27NO. The molecule has 0 amide bonds. The van der Waals surface area contributed by atoms with E-state index in [-0.39, 0.29) is 11.2 Å². The normalized spacial score (nSPS) is 41.8. The summed E-state index contributed by atoms with van der Waals surface area (Å²) in [5.74, 6) is 0.902. The van der Waals surface area contributed by atoms with Crippen LogP contribution in [0.2, 0.25) is 0 Å². The Labute approximate surface area is 105 Å². The van der Waals surface area contributed by atoms with E-state index in [1.807, 2.05) is 0 Å². The van der Waals surface area contributed by atoms with Crippen molar-refractivity contribution >= 4 is 0 Å². The van der Waals surface area contributed by atoms with Gasteiger partial charge in [0.05, 0.1) is 11.2 Å². The van der Waals surface area contributed by atoms with Gasteiger partial charge in [0.1, 0.15) is 0 Å². The van der Waals surface area contributed by atoms with Crippen LogP contribution in [0.1, 0.15) is 64.7 Å². The van der Waals surface area contributed by atoms with Gasteiger partial charge in [-0.15, -0.1) is 0 Å². The van der Waals surface area contributed by atoms with Crippen molar-refractivity contribution in [3.05, 3.63) is 0 Å². The Morgan fingerprint density at radius 1 is 0.882 bits per heavy atom. The quantitative estimate of drug-likeness (QED) is 0.698. The summed E-state index contributed by atoms with van der Waals surface area (Å²) in [6, 6.07) is 0. The Kier molecular flexibility index (Phi) is 3.20. The summed E-state index contributed by atoms with van der Waals surface area (Å²) in [5, 5.41) is 3.70. The SMILES string of the molecule is CC1CCCC2(CC1)CNCC1(CCCC1)O2. The van der Waals surface area contributed by atoms with Gasteiger partial charge in [-0.05, 0) is 38.0 Å². The Hall–Kier alpha value is -0.0800. The van der Waals surface area contributed by atoms with E-state index < -0.39 is 0 Å². The molecule has 0 aromatic rings. The molecule has 0 radical (unpaired) electrons. The number of nitrogens with one attached hydrogen (secondary N) is 1. The molecule has 1 saturated heterocycles. The molecule has 3 aliphatic rings. The van der Waals surface area contributed by atoms with E-state index in [2.05, 4.69) is 12.2 Å². The Bertz CT molecular complexity index is 272. The molecule has 1 N–H and O–H groups in total. The number of rotatable bonds is 0. The first-order chi connectivity index (χ1) is 8.22. The molecule has 2 unspecified atom stereocenters. The molecule has 1 heterocycles. The zero-order chi connectivity index (χ0) is 11.8. The van der Waals surface area contributed by atoms with Crippen molar-refractivity contribution < 1.29 is 4.74 Å². The van der Waals surface area contributed by atoms with Gasteiger partial charge in [0, 0.05) is 13.1 Å². The minimum atomic E-state index is 0.188. The van der Waals surface area contributed by atoms with Crippen molar-refractivity contribution in [3.8, 4) is 0 Å². The molecule has 2 nitrogen and oxygen atoms in total. The summed E-state index contributed by atoms with van der Waals surface area (Å²) in [4.78, 5) is 0. The van der Waals surface area contributed by atoms with Crippen LogP contribution in [0.15, 0.2) is 0 Å². The average Bonchev–Trinajstić information content (AvgIpc) is 2.67. The van der Waals surface area contributed by atoms with E-state index in [9.17, 15) is 0 Å². The zero-order valence-electron chi connectivity index (χ0n) is 11.3. The van der Waals surface area contributed by atoms with Gasteiger partial charge in [0.25, 0.3) is 0 Å². The second-order valence-electron chi connectivity index (χ2n) is 6.81. The van der Waals surface area contributed by atoms with Crippen molar-refractivity contribution in [3.63, 3.8) is 0 Å². The fourth-order valence-electron chi connectivity index (χ4n) is 4.18. The first-order valence-electron chi connectivity index (χ1n) is 7.63. The van der Waals surface area contributed by atoms with E-state index in [4.69, 9.17) is 4.74 Å². The average molecular weight is 237 g/mol. The monoisotopic (exact) mass is 237 g/mol. The van der Waals surface area contributed by atoms with E-state index in [0.29, 0.717) is 0 Å². The van der Waals surface area contributed by atoms with Crippen molar-refractivity contribution in [2.45, 2.75) is 75.9 Å². The standard InChI is InChI=1S/C15H27NO/c1-13-5-4-9-15(10-6-13)12-16-11-14(17-15)7-2-3-8-14/h13,16H,2-12H2,1H3. The molecule has 2 aliphatic carbocycles. The lowest BCUT2D eigenvalue weighted by Gasteiger charge is -2.47. The summed E-state index contributed by atoms with van der Waals surface area (Å²) in [5.41, 5.74) is 0.402. The van der Waals surface area contributed by atoms with Gasteiger partial charge in [-0.3, -0.25) is 0 Å². The van der Waals surface area contributed by atoms with Crippen molar-refractivity contribution in [2.24, 2.45) is 5.92 Å². The third-order valence-electron chi connectivity index (χ3n) is 5.26. The lowest BCUT2D eigenvalue weighted by atomic mass is 9.88. The first-order valence-corrected chi connectivity index (χ1v) is 7.63. The highest BCUT2D eigenvalue weighted by molar-refractivity contribution is 4.99. The highest BCUT2D eigenvalue weighted by Gasteiger charge is 2.47. The molecule has 2 saturated carbocycles. The maximum absolute atomic E-state index is 6.73.